The molecule has 0 radical (unpaired) electrons. The summed E-state index contributed by atoms with van der Waals surface area (Å²) in [6, 6.07) is 6.18. The second kappa shape index (κ2) is 6.99. The molecule has 4 nitrogen and oxygen atoms in total. The lowest BCUT2D eigenvalue weighted by Gasteiger charge is -1.96. The summed E-state index contributed by atoms with van der Waals surface area (Å²) in [5.74, 6) is 0.745. The number of nitrogens with two attached hydrogens (primary N) is 1. The van der Waals surface area contributed by atoms with E-state index in [1.807, 2.05) is 0 Å². The van der Waals surface area contributed by atoms with E-state index in [0.717, 1.165) is 38.6 Å². The van der Waals surface area contributed by atoms with Crippen molar-refractivity contribution in [2.24, 2.45) is 5.73 Å². The second-order valence-corrected chi connectivity index (χ2v) is 4.47. The van der Waals surface area contributed by atoms with Gasteiger partial charge in [0.25, 0.3) is 0 Å². The highest BCUT2D eigenvalue weighted by atomic mass is 19.1. The van der Waals surface area contributed by atoms with Crippen LogP contribution in [-0.4, -0.2) is 16.7 Å². The maximum absolute atomic E-state index is 13.1. The summed E-state index contributed by atoms with van der Waals surface area (Å²) < 4.78 is 18.2. The van der Waals surface area contributed by atoms with Crippen LogP contribution in [0.25, 0.3) is 11.4 Å². The molecule has 0 fully saturated rings. The van der Waals surface area contributed by atoms with Crippen LogP contribution in [0.5, 0.6) is 0 Å². The van der Waals surface area contributed by atoms with Crippen LogP contribution >= 0.6 is 0 Å². The van der Waals surface area contributed by atoms with Gasteiger partial charge < -0.3 is 10.3 Å². The predicted molar refractivity (Wildman–Crippen MR) is 70.9 cm³/mol. The lowest BCUT2D eigenvalue weighted by atomic mass is 10.1. The molecule has 0 atom stereocenters. The molecule has 0 aliphatic carbocycles. The first-order valence-electron chi connectivity index (χ1n) is 6.58. The molecular formula is C14H18FN3O. The first-order valence-corrected chi connectivity index (χ1v) is 6.58. The Morgan fingerprint density at radius 2 is 2.00 bits per heavy atom. The van der Waals surface area contributed by atoms with Gasteiger partial charge in [-0.25, -0.2) is 4.39 Å². The average Bonchev–Trinajstić information content (AvgIpc) is 2.87. The minimum Gasteiger partial charge on any atom is -0.339 e. The van der Waals surface area contributed by atoms with E-state index >= 15 is 0 Å². The van der Waals surface area contributed by atoms with Crippen LogP contribution < -0.4 is 5.73 Å². The van der Waals surface area contributed by atoms with Gasteiger partial charge >= 0.3 is 0 Å². The molecular weight excluding hydrogens is 245 g/mol. The van der Waals surface area contributed by atoms with Gasteiger partial charge in [-0.15, -0.1) is 0 Å². The largest absolute Gasteiger partial charge is 0.339 e. The van der Waals surface area contributed by atoms with Crippen LogP contribution in [-0.2, 0) is 6.42 Å². The van der Waals surface area contributed by atoms with Crippen LogP contribution in [0, 0.1) is 5.82 Å². The maximum Gasteiger partial charge on any atom is 0.226 e. The molecule has 0 saturated heterocycles. The maximum atomic E-state index is 13.1. The second-order valence-electron chi connectivity index (χ2n) is 4.47. The lowest BCUT2D eigenvalue weighted by molar-refractivity contribution is 0.374. The van der Waals surface area contributed by atoms with Gasteiger partial charge in [-0.1, -0.05) is 30.1 Å². The van der Waals surface area contributed by atoms with Gasteiger partial charge in [0.2, 0.25) is 11.7 Å². The van der Waals surface area contributed by atoms with Crippen LogP contribution in [0.15, 0.2) is 28.8 Å². The third-order valence-electron chi connectivity index (χ3n) is 2.90. The fraction of sp³-hybridized carbons (Fsp3) is 0.429. The van der Waals surface area contributed by atoms with Crippen LogP contribution in [0.1, 0.15) is 31.6 Å². The highest BCUT2D eigenvalue weighted by molar-refractivity contribution is 5.53. The zero-order valence-corrected chi connectivity index (χ0v) is 10.8. The minimum absolute atomic E-state index is 0.300. The molecule has 0 bridgehead atoms. The van der Waals surface area contributed by atoms with Crippen molar-refractivity contribution in [3.63, 3.8) is 0 Å². The van der Waals surface area contributed by atoms with Crippen molar-refractivity contribution in [3.05, 3.63) is 36.0 Å². The Hall–Kier alpha value is -1.75. The SMILES string of the molecule is NCCCCCCc1nc(-c2cccc(F)c2)no1. The van der Waals surface area contributed by atoms with Gasteiger partial charge in [-0.2, -0.15) is 4.98 Å². The van der Waals surface area contributed by atoms with E-state index in [1.165, 1.54) is 12.1 Å². The van der Waals surface area contributed by atoms with Crippen molar-refractivity contribution in [2.75, 3.05) is 6.54 Å². The van der Waals surface area contributed by atoms with Crippen molar-refractivity contribution in [1.82, 2.24) is 10.1 Å². The van der Waals surface area contributed by atoms with Gasteiger partial charge in [0.1, 0.15) is 5.82 Å². The fourth-order valence-corrected chi connectivity index (χ4v) is 1.88. The highest BCUT2D eigenvalue weighted by Crippen LogP contribution is 2.17. The van der Waals surface area contributed by atoms with E-state index in [4.69, 9.17) is 10.3 Å². The molecule has 2 aromatic rings. The third kappa shape index (κ3) is 4.13. The molecule has 0 spiro atoms. The normalized spacial score (nSPS) is 10.8. The topological polar surface area (TPSA) is 64.9 Å². The molecule has 1 aromatic carbocycles. The number of aromatic nitrogens is 2. The van der Waals surface area contributed by atoms with E-state index in [-0.39, 0.29) is 5.82 Å². The number of hydrogen-bond acceptors (Lipinski definition) is 4. The molecule has 1 heterocycles. The Morgan fingerprint density at radius 1 is 1.16 bits per heavy atom. The lowest BCUT2D eigenvalue weighted by Crippen LogP contribution is -1.97. The summed E-state index contributed by atoms with van der Waals surface area (Å²) in [6.07, 6.45) is 5.05. The molecule has 1 aromatic heterocycles. The van der Waals surface area contributed by atoms with E-state index in [2.05, 4.69) is 10.1 Å². The molecule has 0 aliphatic heterocycles. The first kappa shape index (κ1) is 13.7. The fourth-order valence-electron chi connectivity index (χ4n) is 1.88. The molecule has 0 aliphatic rings. The summed E-state index contributed by atoms with van der Waals surface area (Å²) in [6.45, 7) is 0.740. The first-order chi connectivity index (χ1) is 9.29. The summed E-state index contributed by atoms with van der Waals surface area (Å²) in [7, 11) is 0. The summed E-state index contributed by atoms with van der Waals surface area (Å²) in [4.78, 5) is 4.27. The number of benzene rings is 1. The number of rotatable bonds is 7. The van der Waals surface area contributed by atoms with Gasteiger partial charge in [0.05, 0.1) is 0 Å². The summed E-state index contributed by atoms with van der Waals surface area (Å²) in [5.41, 5.74) is 6.07. The standard InChI is InChI=1S/C14H18FN3O/c15-12-7-5-6-11(10-12)14-17-13(19-18-14)8-3-1-2-4-9-16/h5-7,10H,1-4,8-9,16H2. The molecule has 0 saturated carbocycles. The van der Waals surface area contributed by atoms with Crippen molar-refractivity contribution in [1.29, 1.82) is 0 Å². The van der Waals surface area contributed by atoms with E-state index in [9.17, 15) is 4.39 Å². The monoisotopic (exact) mass is 263 g/mol. The quantitative estimate of drug-likeness (QED) is 0.780. The number of aryl methyl sites for hydroxylation is 1. The van der Waals surface area contributed by atoms with Gasteiger partial charge in [0.15, 0.2) is 0 Å². The number of hydrogen-bond donors (Lipinski definition) is 1. The van der Waals surface area contributed by atoms with Crippen LogP contribution in [0.2, 0.25) is 0 Å². The Kier molecular flexibility index (Phi) is 5.03. The van der Waals surface area contributed by atoms with Gasteiger partial charge in [-0.3, -0.25) is 0 Å². The zero-order valence-electron chi connectivity index (χ0n) is 10.8. The molecule has 2 rings (SSSR count). The Morgan fingerprint density at radius 3 is 2.79 bits per heavy atom. The third-order valence-corrected chi connectivity index (χ3v) is 2.90. The molecule has 5 heteroatoms. The Labute approximate surface area is 111 Å². The smallest absolute Gasteiger partial charge is 0.226 e. The summed E-state index contributed by atoms with van der Waals surface area (Å²) in [5, 5.41) is 3.87. The van der Waals surface area contributed by atoms with Gasteiger partial charge in [-0.05, 0) is 31.5 Å². The van der Waals surface area contributed by atoms with E-state index < -0.39 is 0 Å². The molecule has 2 N–H and O–H groups in total. The van der Waals surface area contributed by atoms with Crippen molar-refractivity contribution in [2.45, 2.75) is 32.1 Å². The predicted octanol–water partition coefficient (Wildman–Crippen LogP) is 2.94. The Bertz CT molecular complexity index is 513. The zero-order chi connectivity index (χ0) is 13.5. The average molecular weight is 263 g/mol. The van der Waals surface area contributed by atoms with Crippen LogP contribution in [0.4, 0.5) is 4.39 Å². The number of halogens is 1. The summed E-state index contributed by atoms with van der Waals surface area (Å²) >= 11 is 0. The highest BCUT2D eigenvalue weighted by Gasteiger charge is 2.08. The molecule has 0 unspecified atom stereocenters. The molecule has 0 amide bonds. The van der Waals surface area contributed by atoms with Crippen molar-refractivity contribution >= 4 is 0 Å². The van der Waals surface area contributed by atoms with Gasteiger partial charge in [0, 0.05) is 12.0 Å². The number of nitrogens with zero attached hydrogens (tertiary/aromatic N) is 2. The number of unbranched alkanes of at least 4 members (excludes halogenated alkanes) is 3. The molecule has 19 heavy (non-hydrogen) atoms. The van der Waals surface area contributed by atoms with Crippen molar-refractivity contribution in [3.8, 4) is 11.4 Å². The van der Waals surface area contributed by atoms with E-state index in [1.54, 1.807) is 12.1 Å². The van der Waals surface area contributed by atoms with Crippen molar-refractivity contribution < 1.29 is 8.91 Å². The minimum atomic E-state index is -0.300. The molecule has 102 valence electrons. The van der Waals surface area contributed by atoms with Crippen LogP contribution in [0.3, 0.4) is 0 Å². The van der Waals surface area contributed by atoms with E-state index in [0.29, 0.717) is 17.3 Å². The Balaban J connectivity index is 1.88.